The van der Waals surface area contributed by atoms with Crippen molar-refractivity contribution in [1.29, 1.82) is 0 Å². The Labute approximate surface area is 91.4 Å². The van der Waals surface area contributed by atoms with E-state index in [0.29, 0.717) is 23.4 Å². The number of ether oxygens (including phenoxy) is 1. The minimum absolute atomic E-state index is 0.278. The van der Waals surface area contributed by atoms with Crippen LogP contribution in [0.1, 0.15) is 12.8 Å². The molecule has 14 heavy (non-hydrogen) atoms. The van der Waals surface area contributed by atoms with E-state index in [1.807, 2.05) is 0 Å². The van der Waals surface area contributed by atoms with Crippen LogP contribution >= 0.6 is 15.9 Å². The van der Waals surface area contributed by atoms with E-state index in [0.717, 1.165) is 12.8 Å². The molecule has 0 aliphatic heterocycles. The van der Waals surface area contributed by atoms with Gasteiger partial charge in [0.2, 0.25) is 0 Å². The Balaban J connectivity index is 2.39. The summed E-state index contributed by atoms with van der Waals surface area (Å²) in [7, 11) is 0. The first-order valence-electron chi connectivity index (χ1n) is 4.52. The van der Waals surface area contributed by atoms with Crippen LogP contribution < -0.4 is 10.5 Å². The molecule has 0 amide bonds. The summed E-state index contributed by atoms with van der Waals surface area (Å²) in [4.78, 5) is 0. The van der Waals surface area contributed by atoms with Gasteiger partial charge in [-0.05, 0) is 53.5 Å². The average molecular weight is 262 g/mol. The van der Waals surface area contributed by atoms with E-state index in [9.17, 15) is 4.39 Å². The number of benzene rings is 1. The Hall–Kier alpha value is -0.610. The highest BCUT2D eigenvalue weighted by molar-refractivity contribution is 9.10. The second-order valence-corrected chi connectivity index (χ2v) is 3.77. The van der Waals surface area contributed by atoms with Crippen LogP contribution in [0.4, 0.5) is 4.39 Å². The summed E-state index contributed by atoms with van der Waals surface area (Å²) >= 11 is 3.09. The van der Waals surface area contributed by atoms with Gasteiger partial charge in [0.05, 0.1) is 11.1 Å². The highest BCUT2D eigenvalue weighted by Crippen LogP contribution is 2.21. The molecule has 0 bridgehead atoms. The molecular weight excluding hydrogens is 249 g/mol. The molecule has 78 valence electrons. The summed E-state index contributed by atoms with van der Waals surface area (Å²) in [6.07, 6.45) is 1.87. The molecule has 0 spiro atoms. The summed E-state index contributed by atoms with van der Waals surface area (Å²) < 4.78 is 18.6. The zero-order valence-corrected chi connectivity index (χ0v) is 9.39. The lowest BCUT2D eigenvalue weighted by atomic mass is 10.3. The molecule has 0 unspecified atom stereocenters. The fourth-order valence-electron chi connectivity index (χ4n) is 1.00. The lowest BCUT2D eigenvalue weighted by Gasteiger charge is -2.05. The van der Waals surface area contributed by atoms with E-state index in [2.05, 4.69) is 15.9 Å². The predicted octanol–water partition coefficient (Wildman–Crippen LogP) is 2.71. The molecule has 0 saturated carbocycles. The summed E-state index contributed by atoms with van der Waals surface area (Å²) in [6, 6.07) is 4.61. The molecule has 1 aromatic carbocycles. The van der Waals surface area contributed by atoms with Gasteiger partial charge in [-0.3, -0.25) is 0 Å². The van der Waals surface area contributed by atoms with E-state index in [1.165, 1.54) is 6.07 Å². The molecule has 0 radical (unpaired) electrons. The number of rotatable bonds is 5. The van der Waals surface area contributed by atoms with Crippen LogP contribution in [0.5, 0.6) is 5.75 Å². The molecule has 1 aromatic rings. The van der Waals surface area contributed by atoms with Crippen LogP contribution in [-0.2, 0) is 0 Å². The van der Waals surface area contributed by atoms with Crippen molar-refractivity contribution in [2.75, 3.05) is 13.2 Å². The van der Waals surface area contributed by atoms with Gasteiger partial charge in [-0.2, -0.15) is 0 Å². The summed E-state index contributed by atoms with van der Waals surface area (Å²) in [6.45, 7) is 1.30. The molecule has 4 heteroatoms. The molecule has 1 rings (SSSR count). The molecule has 2 N–H and O–H groups in total. The van der Waals surface area contributed by atoms with Crippen molar-refractivity contribution in [1.82, 2.24) is 0 Å². The monoisotopic (exact) mass is 261 g/mol. The van der Waals surface area contributed by atoms with E-state index < -0.39 is 0 Å². The van der Waals surface area contributed by atoms with E-state index in [4.69, 9.17) is 10.5 Å². The maximum absolute atomic E-state index is 12.8. The quantitative estimate of drug-likeness (QED) is 0.828. The maximum Gasteiger partial charge on any atom is 0.137 e. The van der Waals surface area contributed by atoms with Gasteiger partial charge in [0.15, 0.2) is 0 Å². The molecule has 0 aliphatic rings. The van der Waals surface area contributed by atoms with Crippen LogP contribution in [0.15, 0.2) is 22.7 Å². The molecule has 0 aliphatic carbocycles. The van der Waals surface area contributed by atoms with Crippen LogP contribution in [0.3, 0.4) is 0 Å². The first kappa shape index (κ1) is 11.5. The summed E-state index contributed by atoms with van der Waals surface area (Å²) in [5.74, 6) is 0.398. The minimum atomic E-state index is -0.278. The van der Waals surface area contributed by atoms with Crippen molar-refractivity contribution in [3.8, 4) is 5.75 Å². The number of nitrogens with two attached hydrogens (primary N) is 1. The van der Waals surface area contributed by atoms with Crippen molar-refractivity contribution in [3.05, 3.63) is 28.5 Å². The molecule has 0 aromatic heterocycles. The van der Waals surface area contributed by atoms with Crippen LogP contribution in [0.25, 0.3) is 0 Å². The van der Waals surface area contributed by atoms with Crippen LogP contribution in [0, 0.1) is 5.82 Å². The molecule has 0 heterocycles. The fraction of sp³-hybridized carbons (Fsp3) is 0.400. The molecule has 0 fully saturated rings. The van der Waals surface area contributed by atoms with Crippen molar-refractivity contribution in [3.63, 3.8) is 0 Å². The van der Waals surface area contributed by atoms with E-state index in [-0.39, 0.29) is 5.82 Å². The largest absolute Gasteiger partial charge is 0.494 e. The zero-order valence-electron chi connectivity index (χ0n) is 7.80. The Kier molecular flexibility index (Phi) is 4.90. The van der Waals surface area contributed by atoms with Crippen molar-refractivity contribution in [2.45, 2.75) is 12.8 Å². The van der Waals surface area contributed by atoms with Crippen LogP contribution in [-0.4, -0.2) is 13.2 Å². The van der Waals surface area contributed by atoms with Crippen molar-refractivity contribution < 1.29 is 9.13 Å². The Morgan fingerprint density at radius 2 is 2.14 bits per heavy atom. The maximum atomic E-state index is 12.8. The van der Waals surface area contributed by atoms with Gasteiger partial charge < -0.3 is 10.5 Å². The first-order chi connectivity index (χ1) is 6.74. The lowest BCUT2D eigenvalue weighted by molar-refractivity contribution is 0.307. The number of unbranched alkanes of at least 4 members (excludes halogenated alkanes) is 1. The topological polar surface area (TPSA) is 35.2 Å². The number of hydrogen-bond acceptors (Lipinski definition) is 2. The van der Waals surface area contributed by atoms with Gasteiger partial charge >= 0.3 is 0 Å². The van der Waals surface area contributed by atoms with E-state index in [1.54, 1.807) is 12.1 Å². The third-order valence-corrected chi connectivity index (χ3v) is 2.37. The van der Waals surface area contributed by atoms with Gasteiger partial charge in [-0.1, -0.05) is 0 Å². The van der Waals surface area contributed by atoms with Gasteiger partial charge in [-0.15, -0.1) is 0 Å². The molecule has 0 atom stereocenters. The SMILES string of the molecule is NCCCCOc1ccc(F)c(Br)c1. The standard InChI is InChI=1S/C10H13BrFNO/c11-9-7-8(3-4-10(9)12)14-6-2-1-5-13/h3-4,7H,1-2,5-6,13H2. The smallest absolute Gasteiger partial charge is 0.137 e. The Bertz CT molecular complexity index is 293. The Morgan fingerprint density at radius 3 is 2.79 bits per heavy atom. The normalized spacial score (nSPS) is 10.2. The number of hydrogen-bond donors (Lipinski definition) is 1. The second-order valence-electron chi connectivity index (χ2n) is 2.92. The zero-order chi connectivity index (χ0) is 10.4. The fourth-order valence-corrected chi connectivity index (χ4v) is 1.36. The van der Waals surface area contributed by atoms with Gasteiger partial charge in [0.1, 0.15) is 11.6 Å². The highest BCUT2D eigenvalue weighted by atomic mass is 79.9. The molecule has 2 nitrogen and oxygen atoms in total. The van der Waals surface area contributed by atoms with Crippen molar-refractivity contribution >= 4 is 15.9 Å². The summed E-state index contributed by atoms with van der Waals surface area (Å²) in [5, 5.41) is 0. The third-order valence-electron chi connectivity index (χ3n) is 1.76. The number of halogens is 2. The van der Waals surface area contributed by atoms with Gasteiger partial charge in [0, 0.05) is 0 Å². The summed E-state index contributed by atoms with van der Waals surface area (Å²) in [5.41, 5.74) is 5.34. The van der Waals surface area contributed by atoms with E-state index >= 15 is 0 Å². The lowest BCUT2D eigenvalue weighted by Crippen LogP contribution is -2.03. The Morgan fingerprint density at radius 1 is 1.36 bits per heavy atom. The van der Waals surface area contributed by atoms with Gasteiger partial charge in [-0.25, -0.2) is 4.39 Å². The third kappa shape index (κ3) is 3.64. The van der Waals surface area contributed by atoms with Gasteiger partial charge in [0.25, 0.3) is 0 Å². The molecule has 0 saturated heterocycles. The van der Waals surface area contributed by atoms with Crippen LogP contribution in [0.2, 0.25) is 0 Å². The highest BCUT2D eigenvalue weighted by Gasteiger charge is 2.00. The molecular formula is C10H13BrFNO. The first-order valence-corrected chi connectivity index (χ1v) is 5.31. The average Bonchev–Trinajstić information content (AvgIpc) is 2.18. The van der Waals surface area contributed by atoms with Crippen molar-refractivity contribution in [2.24, 2.45) is 5.73 Å². The minimum Gasteiger partial charge on any atom is -0.494 e. The second kappa shape index (κ2) is 5.98. The predicted molar refractivity (Wildman–Crippen MR) is 57.9 cm³/mol.